The summed E-state index contributed by atoms with van der Waals surface area (Å²) in [4.78, 5) is 12.1. The molecule has 1 aromatic rings. The van der Waals surface area contributed by atoms with Crippen molar-refractivity contribution >= 4 is 15.9 Å². The molecule has 5 nitrogen and oxygen atoms in total. The Kier molecular flexibility index (Phi) is 5.58. The molecule has 1 saturated carbocycles. The van der Waals surface area contributed by atoms with Crippen LogP contribution in [0.25, 0.3) is 0 Å². The van der Waals surface area contributed by atoms with Crippen LogP contribution in [0.2, 0.25) is 0 Å². The molecule has 0 saturated heterocycles. The molecule has 0 bridgehead atoms. The monoisotopic (exact) mass is 324 g/mol. The molecule has 1 amide bonds. The van der Waals surface area contributed by atoms with Crippen molar-refractivity contribution in [3.05, 3.63) is 35.4 Å². The van der Waals surface area contributed by atoms with Crippen LogP contribution in [-0.2, 0) is 10.0 Å². The first-order valence-electron chi connectivity index (χ1n) is 7.69. The number of benzene rings is 1. The molecule has 1 aliphatic carbocycles. The average Bonchev–Trinajstić information content (AvgIpc) is 2.95. The summed E-state index contributed by atoms with van der Waals surface area (Å²) in [6, 6.07) is 7.44. The summed E-state index contributed by atoms with van der Waals surface area (Å²) in [6.07, 6.45) is 5.23. The second kappa shape index (κ2) is 7.24. The van der Waals surface area contributed by atoms with Gasteiger partial charge in [-0.05, 0) is 31.9 Å². The topological polar surface area (TPSA) is 66.5 Å². The Labute approximate surface area is 132 Å². The fraction of sp³-hybridized carbons (Fsp3) is 0.562. The Morgan fingerprint density at radius 2 is 2.00 bits per heavy atom. The third kappa shape index (κ3) is 4.55. The van der Waals surface area contributed by atoms with E-state index in [1.165, 1.54) is 10.6 Å². The Hall–Kier alpha value is -1.40. The summed E-state index contributed by atoms with van der Waals surface area (Å²) in [6.45, 7) is 2.60. The van der Waals surface area contributed by atoms with Gasteiger partial charge in [-0.15, -0.1) is 0 Å². The normalized spacial score (nSPS) is 16.1. The second-order valence-electron chi connectivity index (χ2n) is 5.94. The molecule has 2 rings (SSSR count). The molecule has 1 aromatic carbocycles. The van der Waals surface area contributed by atoms with Crippen LogP contribution in [0, 0.1) is 6.92 Å². The summed E-state index contributed by atoms with van der Waals surface area (Å²) >= 11 is 0. The van der Waals surface area contributed by atoms with E-state index in [4.69, 9.17) is 0 Å². The Bertz CT molecular complexity index is 622. The van der Waals surface area contributed by atoms with Gasteiger partial charge in [0.05, 0.1) is 6.26 Å². The van der Waals surface area contributed by atoms with E-state index >= 15 is 0 Å². The number of rotatable bonds is 6. The van der Waals surface area contributed by atoms with Crippen molar-refractivity contribution in [2.45, 2.75) is 38.6 Å². The van der Waals surface area contributed by atoms with E-state index < -0.39 is 10.0 Å². The quantitative estimate of drug-likeness (QED) is 0.869. The Morgan fingerprint density at radius 1 is 1.32 bits per heavy atom. The van der Waals surface area contributed by atoms with E-state index in [1.807, 2.05) is 25.1 Å². The average molecular weight is 324 g/mol. The number of hydrogen-bond donors (Lipinski definition) is 1. The van der Waals surface area contributed by atoms with E-state index in [0.717, 1.165) is 31.2 Å². The van der Waals surface area contributed by atoms with Crippen LogP contribution >= 0.6 is 0 Å². The lowest BCUT2D eigenvalue weighted by molar-refractivity contribution is 0.0950. The second-order valence-corrected chi connectivity index (χ2v) is 7.87. The van der Waals surface area contributed by atoms with Gasteiger partial charge in [0.15, 0.2) is 0 Å². The van der Waals surface area contributed by atoms with Gasteiger partial charge in [-0.3, -0.25) is 4.79 Å². The van der Waals surface area contributed by atoms with Gasteiger partial charge in [-0.2, -0.15) is 4.31 Å². The number of sulfonamides is 1. The fourth-order valence-electron chi connectivity index (χ4n) is 2.98. The zero-order valence-corrected chi connectivity index (χ0v) is 14.0. The van der Waals surface area contributed by atoms with Gasteiger partial charge < -0.3 is 5.32 Å². The number of nitrogens with one attached hydrogen (secondary N) is 1. The summed E-state index contributed by atoms with van der Waals surface area (Å²) in [5.41, 5.74) is 1.63. The molecule has 22 heavy (non-hydrogen) atoms. The van der Waals surface area contributed by atoms with Gasteiger partial charge in [0, 0.05) is 24.7 Å². The highest BCUT2D eigenvalue weighted by atomic mass is 32.2. The van der Waals surface area contributed by atoms with Crippen LogP contribution in [0.15, 0.2) is 24.3 Å². The van der Waals surface area contributed by atoms with Gasteiger partial charge in [-0.1, -0.05) is 30.5 Å². The maximum absolute atomic E-state index is 12.1. The number of hydrogen-bond acceptors (Lipinski definition) is 3. The first-order chi connectivity index (χ1) is 10.4. The minimum Gasteiger partial charge on any atom is -0.351 e. The molecule has 1 aliphatic rings. The van der Waals surface area contributed by atoms with Gasteiger partial charge in [0.1, 0.15) is 0 Å². The largest absolute Gasteiger partial charge is 0.351 e. The number of carbonyl (C=O) groups excluding carboxylic acids is 1. The van der Waals surface area contributed by atoms with E-state index in [0.29, 0.717) is 18.7 Å². The number of carbonyl (C=O) groups is 1. The lowest BCUT2D eigenvalue weighted by Crippen LogP contribution is -2.43. The molecule has 0 atom stereocenters. The minimum atomic E-state index is -3.24. The standard InChI is InChI=1S/C16H24N2O3S/c1-13-6-5-7-14(12-13)16(19)17-10-11-18(22(2,20)21)15-8-3-4-9-15/h5-7,12,15H,3-4,8-11H2,1-2H3,(H,17,19). The maximum Gasteiger partial charge on any atom is 0.251 e. The van der Waals surface area contributed by atoms with Crippen molar-refractivity contribution < 1.29 is 13.2 Å². The molecular weight excluding hydrogens is 300 g/mol. The molecule has 6 heteroatoms. The highest BCUT2D eigenvalue weighted by Gasteiger charge is 2.28. The molecular formula is C16H24N2O3S. The fourth-order valence-corrected chi connectivity index (χ4v) is 4.15. The van der Waals surface area contributed by atoms with E-state index in [1.54, 1.807) is 6.07 Å². The van der Waals surface area contributed by atoms with Crippen LogP contribution in [0.3, 0.4) is 0 Å². The third-order valence-corrected chi connectivity index (χ3v) is 5.39. The number of aryl methyl sites for hydroxylation is 1. The van der Waals surface area contributed by atoms with Crippen LogP contribution in [0.4, 0.5) is 0 Å². The molecule has 122 valence electrons. The smallest absolute Gasteiger partial charge is 0.251 e. The van der Waals surface area contributed by atoms with Crippen molar-refractivity contribution in [2.75, 3.05) is 19.3 Å². The van der Waals surface area contributed by atoms with Crippen LogP contribution in [0.1, 0.15) is 41.6 Å². The lowest BCUT2D eigenvalue weighted by Gasteiger charge is -2.26. The maximum atomic E-state index is 12.1. The first kappa shape index (κ1) is 17.0. The van der Waals surface area contributed by atoms with E-state index in [9.17, 15) is 13.2 Å². The molecule has 0 radical (unpaired) electrons. The van der Waals surface area contributed by atoms with Crippen molar-refractivity contribution in [2.24, 2.45) is 0 Å². The van der Waals surface area contributed by atoms with Crippen molar-refractivity contribution in [3.8, 4) is 0 Å². The number of amides is 1. The molecule has 0 spiro atoms. The van der Waals surface area contributed by atoms with Crippen LogP contribution < -0.4 is 5.32 Å². The van der Waals surface area contributed by atoms with Crippen molar-refractivity contribution in [1.82, 2.24) is 9.62 Å². The molecule has 1 fully saturated rings. The molecule has 1 N–H and O–H groups in total. The Balaban J connectivity index is 1.91. The van der Waals surface area contributed by atoms with E-state index in [2.05, 4.69) is 5.32 Å². The van der Waals surface area contributed by atoms with Gasteiger partial charge in [0.2, 0.25) is 10.0 Å². The summed E-state index contributed by atoms with van der Waals surface area (Å²) < 4.78 is 25.4. The highest BCUT2D eigenvalue weighted by molar-refractivity contribution is 7.88. The predicted octanol–water partition coefficient (Wildman–Crippen LogP) is 1.93. The summed E-state index contributed by atoms with van der Waals surface area (Å²) in [5, 5.41) is 2.81. The zero-order chi connectivity index (χ0) is 16.2. The van der Waals surface area contributed by atoms with Crippen LogP contribution in [-0.4, -0.2) is 44.0 Å². The SMILES string of the molecule is Cc1cccc(C(=O)NCCN(C2CCCC2)S(C)(=O)=O)c1. The van der Waals surface area contributed by atoms with Gasteiger partial charge >= 0.3 is 0 Å². The third-order valence-electron chi connectivity index (χ3n) is 4.06. The van der Waals surface area contributed by atoms with Gasteiger partial charge in [0.25, 0.3) is 5.91 Å². The zero-order valence-electron chi connectivity index (χ0n) is 13.2. The highest BCUT2D eigenvalue weighted by Crippen LogP contribution is 2.24. The van der Waals surface area contributed by atoms with Crippen LogP contribution in [0.5, 0.6) is 0 Å². The molecule has 0 heterocycles. The molecule has 0 aromatic heterocycles. The number of nitrogens with zero attached hydrogens (tertiary/aromatic N) is 1. The van der Waals surface area contributed by atoms with E-state index in [-0.39, 0.29) is 11.9 Å². The first-order valence-corrected chi connectivity index (χ1v) is 9.54. The van der Waals surface area contributed by atoms with Crippen molar-refractivity contribution in [3.63, 3.8) is 0 Å². The molecule has 0 unspecified atom stereocenters. The minimum absolute atomic E-state index is 0.0888. The molecule has 0 aliphatic heterocycles. The van der Waals surface area contributed by atoms with Crippen molar-refractivity contribution in [1.29, 1.82) is 0 Å². The van der Waals surface area contributed by atoms with Gasteiger partial charge in [-0.25, -0.2) is 8.42 Å². The predicted molar refractivity (Wildman–Crippen MR) is 87.3 cm³/mol. The summed E-state index contributed by atoms with van der Waals surface area (Å²) in [5.74, 6) is -0.163. The lowest BCUT2D eigenvalue weighted by atomic mass is 10.1. The Morgan fingerprint density at radius 3 is 2.59 bits per heavy atom. The summed E-state index contributed by atoms with van der Waals surface area (Å²) in [7, 11) is -3.24.